The van der Waals surface area contributed by atoms with E-state index >= 15 is 0 Å². The first-order chi connectivity index (χ1) is 12.0. The Kier molecular flexibility index (Phi) is 6.30. The van der Waals surface area contributed by atoms with Crippen molar-refractivity contribution < 1.29 is 19.1 Å². The molecule has 1 aromatic heterocycles. The van der Waals surface area contributed by atoms with Gasteiger partial charge in [-0.15, -0.1) is 11.3 Å². The van der Waals surface area contributed by atoms with Crippen molar-refractivity contribution in [3.8, 4) is 0 Å². The number of ether oxygens (including phenoxy) is 1. The van der Waals surface area contributed by atoms with Crippen LogP contribution in [0.5, 0.6) is 0 Å². The summed E-state index contributed by atoms with van der Waals surface area (Å²) in [4.78, 5) is 38.6. The van der Waals surface area contributed by atoms with Crippen LogP contribution in [-0.4, -0.2) is 42.9 Å². The summed E-state index contributed by atoms with van der Waals surface area (Å²) in [5.74, 6) is -0.895. The quantitative estimate of drug-likeness (QED) is 0.802. The summed E-state index contributed by atoms with van der Waals surface area (Å²) in [5.41, 5.74) is 1.04. The van der Waals surface area contributed by atoms with Crippen LogP contribution in [0.25, 0.3) is 0 Å². The molecular formula is C18H20N2O4S. The monoisotopic (exact) mass is 360 g/mol. The molecule has 0 saturated carbocycles. The van der Waals surface area contributed by atoms with Gasteiger partial charge in [0.2, 0.25) is 0 Å². The Labute approximate surface area is 150 Å². The maximum Gasteiger partial charge on any atom is 0.348 e. The topological polar surface area (TPSA) is 75.7 Å². The van der Waals surface area contributed by atoms with Gasteiger partial charge in [0.1, 0.15) is 4.88 Å². The van der Waals surface area contributed by atoms with Crippen LogP contribution >= 0.6 is 11.3 Å². The summed E-state index contributed by atoms with van der Waals surface area (Å²) in [6, 6.07) is 9.92. The number of amides is 2. The molecule has 0 aliphatic rings. The molecule has 2 rings (SSSR count). The largest absolute Gasteiger partial charge is 0.465 e. The van der Waals surface area contributed by atoms with Crippen LogP contribution in [0.1, 0.15) is 43.5 Å². The number of rotatable bonds is 6. The first kappa shape index (κ1) is 18.7. The van der Waals surface area contributed by atoms with Gasteiger partial charge in [-0.2, -0.15) is 0 Å². The number of carbonyl (C=O) groups excluding carboxylic acids is 3. The average molecular weight is 360 g/mol. The van der Waals surface area contributed by atoms with E-state index in [0.717, 1.165) is 11.3 Å². The normalized spacial score (nSPS) is 10.2. The summed E-state index contributed by atoms with van der Waals surface area (Å²) >= 11 is 1.05. The van der Waals surface area contributed by atoms with Crippen LogP contribution in [0.2, 0.25) is 0 Å². The molecule has 1 heterocycles. The minimum atomic E-state index is -0.476. The molecular weight excluding hydrogens is 340 g/mol. The third-order valence-corrected chi connectivity index (χ3v) is 4.70. The van der Waals surface area contributed by atoms with Crippen molar-refractivity contribution in [2.45, 2.75) is 13.8 Å². The summed E-state index contributed by atoms with van der Waals surface area (Å²) in [6.45, 7) is 5.08. The van der Waals surface area contributed by atoms with Gasteiger partial charge in [0, 0.05) is 24.3 Å². The van der Waals surface area contributed by atoms with Gasteiger partial charge in [-0.05, 0) is 44.2 Å². The van der Waals surface area contributed by atoms with Crippen LogP contribution in [-0.2, 0) is 4.74 Å². The highest BCUT2D eigenvalue weighted by Gasteiger charge is 2.16. The summed E-state index contributed by atoms with van der Waals surface area (Å²) < 4.78 is 4.63. The molecule has 1 aromatic carbocycles. The fraction of sp³-hybridized carbons (Fsp3) is 0.278. The Morgan fingerprint density at radius 1 is 1.08 bits per heavy atom. The molecule has 1 N–H and O–H groups in total. The van der Waals surface area contributed by atoms with Crippen molar-refractivity contribution >= 4 is 34.8 Å². The lowest BCUT2D eigenvalue weighted by atomic mass is 10.1. The summed E-state index contributed by atoms with van der Waals surface area (Å²) in [5, 5.41) is 2.75. The van der Waals surface area contributed by atoms with E-state index in [1.807, 2.05) is 13.8 Å². The predicted molar refractivity (Wildman–Crippen MR) is 97.3 cm³/mol. The van der Waals surface area contributed by atoms with Gasteiger partial charge < -0.3 is 15.0 Å². The summed E-state index contributed by atoms with van der Waals surface area (Å²) in [7, 11) is 1.29. The lowest BCUT2D eigenvalue weighted by molar-refractivity contribution is 0.0606. The van der Waals surface area contributed by atoms with E-state index in [0.29, 0.717) is 34.1 Å². The van der Waals surface area contributed by atoms with E-state index < -0.39 is 5.97 Å². The zero-order valence-corrected chi connectivity index (χ0v) is 15.2. The molecule has 7 heteroatoms. The van der Waals surface area contributed by atoms with Crippen LogP contribution < -0.4 is 5.32 Å². The lowest BCUT2D eigenvalue weighted by Crippen LogP contribution is -2.30. The standard InChI is InChI=1S/C18H20N2O4S/c1-4-20(5-2)17(22)12-7-6-8-13(11-12)19-16(21)14-9-10-15(25-14)18(23)24-3/h6-11H,4-5H2,1-3H3,(H,19,21). The lowest BCUT2D eigenvalue weighted by Gasteiger charge is -2.18. The Morgan fingerprint density at radius 2 is 1.76 bits per heavy atom. The Bertz CT molecular complexity index is 781. The van der Waals surface area contributed by atoms with E-state index in [2.05, 4.69) is 10.1 Å². The molecule has 0 saturated heterocycles. The average Bonchev–Trinajstić information content (AvgIpc) is 3.12. The number of benzene rings is 1. The van der Waals surface area contributed by atoms with Crippen molar-refractivity contribution in [1.82, 2.24) is 4.90 Å². The number of carbonyl (C=O) groups is 3. The molecule has 0 unspecified atom stereocenters. The fourth-order valence-corrected chi connectivity index (χ4v) is 3.11. The second kappa shape index (κ2) is 8.43. The van der Waals surface area contributed by atoms with E-state index in [1.165, 1.54) is 7.11 Å². The Morgan fingerprint density at radius 3 is 2.40 bits per heavy atom. The number of methoxy groups -OCH3 is 1. The van der Waals surface area contributed by atoms with Crippen LogP contribution in [0.4, 0.5) is 5.69 Å². The number of hydrogen-bond acceptors (Lipinski definition) is 5. The van der Waals surface area contributed by atoms with Gasteiger partial charge >= 0.3 is 5.97 Å². The van der Waals surface area contributed by atoms with E-state index in [1.54, 1.807) is 41.3 Å². The van der Waals surface area contributed by atoms with Crippen LogP contribution in [0.3, 0.4) is 0 Å². The molecule has 0 aliphatic heterocycles. The Balaban J connectivity index is 2.13. The highest BCUT2D eigenvalue weighted by Crippen LogP contribution is 2.20. The second-order valence-corrected chi connectivity index (χ2v) is 6.25. The first-order valence-electron chi connectivity index (χ1n) is 7.89. The molecule has 0 atom stereocenters. The highest BCUT2D eigenvalue weighted by molar-refractivity contribution is 7.16. The number of nitrogens with zero attached hydrogens (tertiary/aromatic N) is 1. The molecule has 25 heavy (non-hydrogen) atoms. The van der Waals surface area contributed by atoms with E-state index in [-0.39, 0.29) is 11.8 Å². The zero-order valence-electron chi connectivity index (χ0n) is 14.4. The molecule has 0 radical (unpaired) electrons. The zero-order chi connectivity index (χ0) is 18.4. The number of nitrogens with one attached hydrogen (secondary N) is 1. The number of esters is 1. The minimum Gasteiger partial charge on any atom is -0.465 e. The van der Waals surface area contributed by atoms with E-state index in [4.69, 9.17) is 0 Å². The molecule has 0 bridgehead atoms. The molecule has 2 amide bonds. The van der Waals surface area contributed by atoms with Crippen molar-refractivity contribution in [3.63, 3.8) is 0 Å². The molecule has 0 fully saturated rings. The van der Waals surface area contributed by atoms with Gasteiger partial charge in [-0.25, -0.2) is 4.79 Å². The molecule has 6 nitrogen and oxygen atoms in total. The first-order valence-corrected chi connectivity index (χ1v) is 8.70. The van der Waals surface area contributed by atoms with Crippen molar-refractivity contribution in [2.75, 3.05) is 25.5 Å². The van der Waals surface area contributed by atoms with Gasteiger partial charge in [-0.3, -0.25) is 9.59 Å². The smallest absolute Gasteiger partial charge is 0.348 e. The minimum absolute atomic E-state index is 0.0785. The summed E-state index contributed by atoms with van der Waals surface area (Å²) in [6.07, 6.45) is 0. The number of thiophene rings is 1. The molecule has 0 aliphatic carbocycles. The van der Waals surface area contributed by atoms with Gasteiger partial charge in [0.05, 0.1) is 12.0 Å². The molecule has 132 valence electrons. The van der Waals surface area contributed by atoms with Crippen LogP contribution in [0.15, 0.2) is 36.4 Å². The van der Waals surface area contributed by atoms with Gasteiger partial charge in [-0.1, -0.05) is 6.07 Å². The Hall–Kier alpha value is -2.67. The van der Waals surface area contributed by atoms with Crippen molar-refractivity contribution in [2.24, 2.45) is 0 Å². The van der Waals surface area contributed by atoms with Crippen molar-refractivity contribution in [1.29, 1.82) is 0 Å². The highest BCUT2D eigenvalue weighted by atomic mass is 32.1. The number of anilines is 1. The molecule has 2 aromatic rings. The second-order valence-electron chi connectivity index (χ2n) is 5.17. The third kappa shape index (κ3) is 4.45. The predicted octanol–water partition coefficient (Wildman–Crippen LogP) is 3.27. The SMILES string of the molecule is CCN(CC)C(=O)c1cccc(NC(=O)c2ccc(C(=O)OC)s2)c1. The maximum atomic E-state index is 12.4. The van der Waals surface area contributed by atoms with Gasteiger partial charge in [0.15, 0.2) is 0 Å². The van der Waals surface area contributed by atoms with Crippen molar-refractivity contribution in [3.05, 3.63) is 51.7 Å². The van der Waals surface area contributed by atoms with Crippen LogP contribution in [0, 0.1) is 0 Å². The fourth-order valence-electron chi connectivity index (χ4n) is 2.29. The maximum absolute atomic E-state index is 12.4. The third-order valence-electron chi connectivity index (χ3n) is 3.63. The number of hydrogen-bond donors (Lipinski definition) is 1. The molecule has 0 spiro atoms. The van der Waals surface area contributed by atoms with E-state index in [9.17, 15) is 14.4 Å². The van der Waals surface area contributed by atoms with Gasteiger partial charge in [0.25, 0.3) is 11.8 Å².